The predicted octanol–water partition coefficient (Wildman–Crippen LogP) is 2.26. The fraction of sp³-hybridized carbons (Fsp3) is 0.667. The Morgan fingerprint density at radius 1 is 1.17 bits per heavy atom. The molecule has 198 valence electrons. The van der Waals surface area contributed by atoms with E-state index in [-0.39, 0.29) is 59.7 Å². The number of rotatable bonds is 8. The van der Waals surface area contributed by atoms with Crippen molar-refractivity contribution in [3.05, 3.63) is 23.8 Å². The van der Waals surface area contributed by atoms with E-state index in [9.17, 15) is 29.7 Å². The van der Waals surface area contributed by atoms with E-state index in [1.165, 1.54) is 24.6 Å². The number of carbonyl (C=O) groups is 3. The molecule has 1 aromatic rings. The third-order valence-electron chi connectivity index (χ3n) is 9.23. The lowest BCUT2D eigenvalue weighted by molar-refractivity contribution is -0.164. The molecule has 36 heavy (non-hydrogen) atoms. The van der Waals surface area contributed by atoms with Crippen LogP contribution in [-0.4, -0.2) is 69.3 Å². The largest absolute Gasteiger partial charge is 0.504 e. The maximum Gasteiger partial charge on any atom is 0.329 e. The van der Waals surface area contributed by atoms with E-state index >= 15 is 0 Å². The number of amides is 2. The first-order chi connectivity index (χ1) is 16.9. The Balaban J connectivity index is 1.24. The lowest BCUT2D eigenvalue weighted by atomic mass is 9.70. The number of nitrogens with zero attached hydrogens (tertiary/aromatic N) is 1. The smallest absolute Gasteiger partial charge is 0.329 e. The Morgan fingerprint density at radius 3 is 2.56 bits per heavy atom. The van der Waals surface area contributed by atoms with E-state index < -0.39 is 18.1 Å². The quantitative estimate of drug-likeness (QED) is 0.316. The first-order valence-corrected chi connectivity index (χ1v) is 12.9. The number of fused-ring (bicyclic) bond motifs is 2. The molecule has 1 heterocycles. The van der Waals surface area contributed by atoms with E-state index in [4.69, 9.17) is 4.74 Å². The fourth-order valence-electron chi connectivity index (χ4n) is 6.40. The minimum Gasteiger partial charge on any atom is -0.504 e. The highest BCUT2D eigenvalue weighted by Gasteiger charge is 2.63. The van der Waals surface area contributed by atoms with E-state index in [1.54, 1.807) is 4.90 Å². The molecule has 2 aliphatic carbocycles. The number of phenolic OH excluding ortho intramolecular Hbond substituents is 2. The monoisotopic (exact) mass is 502 g/mol. The van der Waals surface area contributed by atoms with Crippen LogP contribution < -0.4 is 5.32 Å². The zero-order valence-corrected chi connectivity index (χ0v) is 21.3. The number of likely N-dealkylation sites (tertiary alicyclic amines) is 1. The number of esters is 1. The van der Waals surface area contributed by atoms with E-state index in [0.29, 0.717) is 24.4 Å². The van der Waals surface area contributed by atoms with Gasteiger partial charge >= 0.3 is 5.97 Å². The fourth-order valence-corrected chi connectivity index (χ4v) is 6.40. The van der Waals surface area contributed by atoms with Gasteiger partial charge in [0.05, 0.1) is 0 Å². The summed E-state index contributed by atoms with van der Waals surface area (Å²) in [5.41, 5.74) is 0.578. The van der Waals surface area contributed by atoms with E-state index in [2.05, 4.69) is 26.1 Å². The Hall–Kier alpha value is -2.81. The van der Waals surface area contributed by atoms with Gasteiger partial charge in [0.2, 0.25) is 11.8 Å². The molecule has 3 unspecified atom stereocenters. The lowest BCUT2D eigenvalue weighted by Gasteiger charge is -2.39. The minimum absolute atomic E-state index is 0.0124. The highest BCUT2D eigenvalue weighted by Crippen LogP contribution is 2.66. The predicted molar refractivity (Wildman–Crippen MR) is 131 cm³/mol. The average Bonchev–Trinajstić information content (AvgIpc) is 3.45. The summed E-state index contributed by atoms with van der Waals surface area (Å²) < 4.78 is 6.03. The van der Waals surface area contributed by atoms with Crippen LogP contribution in [0.2, 0.25) is 0 Å². The molecule has 9 heteroatoms. The summed E-state index contributed by atoms with van der Waals surface area (Å²) in [5, 5.41) is 31.6. The number of nitrogens with one attached hydrogen (secondary N) is 1. The van der Waals surface area contributed by atoms with E-state index in [0.717, 1.165) is 19.3 Å². The number of carbonyl (C=O) groups excluding carboxylic acids is 3. The molecule has 1 saturated heterocycles. The minimum atomic E-state index is -1.37. The van der Waals surface area contributed by atoms with Crippen molar-refractivity contribution >= 4 is 17.8 Å². The summed E-state index contributed by atoms with van der Waals surface area (Å²) in [7, 11) is 0. The van der Waals surface area contributed by atoms with Crippen molar-refractivity contribution in [3.63, 3.8) is 0 Å². The molecule has 2 bridgehead atoms. The summed E-state index contributed by atoms with van der Waals surface area (Å²) >= 11 is 0. The van der Waals surface area contributed by atoms with Crippen molar-refractivity contribution in [2.24, 2.45) is 16.7 Å². The van der Waals surface area contributed by atoms with Crippen molar-refractivity contribution in [2.45, 2.75) is 84.0 Å². The molecule has 3 aliphatic rings. The molecule has 0 radical (unpaired) electrons. The van der Waals surface area contributed by atoms with Crippen molar-refractivity contribution in [1.29, 1.82) is 0 Å². The zero-order valence-electron chi connectivity index (χ0n) is 21.3. The van der Waals surface area contributed by atoms with Crippen molar-refractivity contribution in [1.82, 2.24) is 10.2 Å². The van der Waals surface area contributed by atoms with Crippen LogP contribution >= 0.6 is 0 Å². The second-order valence-electron chi connectivity index (χ2n) is 11.4. The van der Waals surface area contributed by atoms with Gasteiger partial charge in [0.1, 0.15) is 18.2 Å². The van der Waals surface area contributed by atoms with Crippen LogP contribution in [0.25, 0.3) is 0 Å². The second kappa shape index (κ2) is 9.92. The number of phenols is 2. The number of aromatic hydroxyl groups is 2. The Morgan fingerprint density at radius 2 is 1.92 bits per heavy atom. The van der Waals surface area contributed by atoms with Gasteiger partial charge in [-0.1, -0.05) is 26.8 Å². The molecule has 4 N–H and O–H groups in total. The van der Waals surface area contributed by atoms with Gasteiger partial charge in [-0.15, -0.1) is 0 Å². The summed E-state index contributed by atoms with van der Waals surface area (Å²) in [5.74, 6) is -1.25. The molecule has 1 aromatic carbocycles. The van der Waals surface area contributed by atoms with Gasteiger partial charge < -0.3 is 30.3 Å². The number of aliphatic hydroxyl groups excluding tert-OH is 1. The summed E-state index contributed by atoms with van der Waals surface area (Å²) in [4.78, 5) is 39.7. The van der Waals surface area contributed by atoms with Gasteiger partial charge in [-0.25, -0.2) is 4.79 Å². The maximum absolute atomic E-state index is 13.1. The molecular formula is C27H38N2O7. The third kappa shape index (κ3) is 4.77. The van der Waals surface area contributed by atoms with Crippen LogP contribution in [0.1, 0.15) is 64.9 Å². The Bertz CT molecular complexity index is 1030. The molecule has 5 atom stereocenters. The molecular weight excluding hydrogens is 464 g/mol. The second-order valence-corrected chi connectivity index (χ2v) is 11.4. The van der Waals surface area contributed by atoms with Gasteiger partial charge in [0, 0.05) is 31.3 Å². The van der Waals surface area contributed by atoms with Crippen LogP contribution in [0.5, 0.6) is 11.5 Å². The number of ether oxygens (including phenoxy) is 1. The van der Waals surface area contributed by atoms with Crippen molar-refractivity contribution in [2.75, 3.05) is 13.1 Å². The Kier molecular flexibility index (Phi) is 7.23. The molecule has 2 saturated carbocycles. The Labute approximate surface area is 211 Å². The molecule has 0 aromatic heterocycles. The highest BCUT2D eigenvalue weighted by atomic mass is 16.5. The van der Waals surface area contributed by atoms with Crippen LogP contribution in [0.4, 0.5) is 0 Å². The number of benzene rings is 1. The summed E-state index contributed by atoms with van der Waals surface area (Å²) in [6, 6.07) is 3.47. The normalized spacial score (nSPS) is 29.2. The summed E-state index contributed by atoms with van der Waals surface area (Å²) in [6.45, 7) is 7.27. The standard InChI is InChI=1S/C27H38N2O7/c1-26(2)17-8-10-27(26,3)22(15-17)36-25(35)18-5-4-12-29(18)23(33)9-11-28-24(34)21(32)14-16-6-7-19(30)20(31)13-16/h6-7,13,17-18,21-22,30-32H,4-5,8-12,14-15H2,1-3H3,(H,28,34)/t17?,18-,21+,22?,27?/m0/s1. The van der Waals surface area contributed by atoms with Crippen LogP contribution in [0, 0.1) is 16.7 Å². The van der Waals surface area contributed by atoms with Gasteiger partial charge in [-0.2, -0.15) is 0 Å². The SMILES string of the molecule is CC1(C)C2CCC1(C)C(OC(=O)[C@@H]1CCCN1C(=O)CCNC(=O)[C@H](O)Cc1ccc(O)c(O)c1)C2. The van der Waals surface area contributed by atoms with Crippen LogP contribution in [0.3, 0.4) is 0 Å². The molecule has 4 rings (SSSR count). The van der Waals surface area contributed by atoms with Crippen molar-refractivity contribution < 1.29 is 34.4 Å². The highest BCUT2D eigenvalue weighted by molar-refractivity contribution is 5.86. The lowest BCUT2D eigenvalue weighted by Crippen LogP contribution is -2.46. The number of hydrogen-bond donors (Lipinski definition) is 4. The topological polar surface area (TPSA) is 136 Å². The molecule has 2 amide bonds. The summed E-state index contributed by atoms with van der Waals surface area (Å²) in [6.07, 6.45) is 2.88. The molecule has 1 aliphatic heterocycles. The van der Waals surface area contributed by atoms with Crippen LogP contribution in [-0.2, 0) is 25.5 Å². The van der Waals surface area contributed by atoms with Crippen LogP contribution in [0.15, 0.2) is 18.2 Å². The zero-order chi connectivity index (χ0) is 26.3. The molecule has 3 fully saturated rings. The van der Waals surface area contributed by atoms with Gasteiger partial charge in [-0.05, 0) is 61.1 Å². The number of hydrogen-bond acceptors (Lipinski definition) is 7. The van der Waals surface area contributed by atoms with Gasteiger partial charge in [-0.3, -0.25) is 9.59 Å². The first kappa shape index (κ1) is 26.3. The molecule has 9 nitrogen and oxygen atoms in total. The van der Waals surface area contributed by atoms with E-state index in [1.807, 2.05) is 0 Å². The van der Waals surface area contributed by atoms with Crippen molar-refractivity contribution in [3.8, 4) is 11.5 Å². The average molecular weight is 503 g/mol. The third-order valence-corrected chi connectivity index (χ3v) is 9.23. The first-order valence-electron chi connectivity index (χ1n) is 12.9. The number of aliphatic hydroxyl groups is 1. The van der Waals surface area contributed by atoms with Gasteiger partial charge in [0.25, 0.3) is 0 Å². The maximum atomic E-state index is 13.1. The molecule has 0 spiro atoms. The van der Waals surface area contributed by atoms with Gasteiger partial charge in [0.15, 0.2) is 11.5 Å².